The monoisotopic (exact) mass is 588 g/mol. The topological polar surface area (TPSA) is 47.0 Å². The predicted octanol–water partition coefficient (Wildman–Crippen LogP) is 0.439. The molecule has 0 amide bonds. The van der Waals surface area contributed by atoms with Gasteiger partial charge in [-0.2, -0.15) is 0 Å². The Bertz CT molecular complexity index is 456. The summed E-state index contributed by atoms with van der Waals surface area (Å²) in [6.45, 7) is 1.59. The van der Waals surface area contributed by atoms with Gasteiger partial charge in [0.1, 0.15) is 5.78 Å². The molecule has 0 fully saturated rings. The normalized spacial score (nSPS) is 10.1. The molecule has 0 unspecified atom stereocenters. The van der Waals surface area contributed by atoms with Crippen molar-refractivity contribution in [3.05, 3.63) is 24.3 Å². The van der Waals surface area contributed by atoms with Crippen LogP contribution in [-0.4, -0.2) is 16.5 Å². The quantitative estimate of drug-likeness (QED) is 0.419. The van der Waals surface area contributed by atoms with Gasteiger partial charge in [-0.1, -0.05) is 12.1 Å². The molecule has 0 bridgehead atoms. The van der Waals surface area contributed by atoms with Gasteiger partial charge in [0, 0.05) is 0 Å². The van der Waals surface area contributed by atoms with E-state index in [9.17, 15) is 4.79 Å². The number of Topliss-reactive ketones (excluding diaryl/α,β-unsaturated/α-hetero) is 1. The summed E-state index contributed by atoms with van der Waals surface area (Å²) >= 11 is 6.79. The molecule has 0 saturated carbocycles. The molecule has 0 aliphatic heterocycles. The maximum atomic E-state index is 10.8. The Kier molecular flexibility index (Phi) is 8.36. The van der Waals surface area contributed by atoms with Crippen LogP contribution in [-0.2, 0) is 4.79 Å². The fourth-order valence-corrected chi connectivity index (χ4v) is 1.93. The first kappa shape index (κ1) is 16.0. The first-order valence-electron chi connectivity index (χ1n) is 4.66. The molecule has 0 aliphatic carbocycles. The fraction of sp³-hybridized carbons (Fsp3) is 0.200. The van der Waals surface area contributed by atoms with Gasteiger partial charge in [0.2, 0.25) is 0 Å². The number of H-pyrrole nitrogens is 2. The number of carbonyl (C=O) groups excluding carboxylic acids is 1. The molecule has 2 rings (SSSR count). The molecular weight excluding hydrogens is 577 g/mol. The number of nitrogens with one attached hydrogen (secondary N) is 2. The van der Waals surface area contributed by atoms with Gasteiger partial charge < -0.3 is 0 Å². The van der Waals surface area contributed by atoms with Crippen molar-refractivity contribution in [3.8, 4) is 0 Å². The molecular formula is C10H11I3N2OS. The zero-order chi connectivity index (χ0) is 12.7. The van der Waals surface area contributed by atoms with Gasteiger partial charge >= 0.3 is 55.6 Å². The van der Waals surface area contributed by atoms with Crippen molar-refractivity contribution in [2.24, 2.45) is 0 Å². The third-order valence-corrected chi connectivity index (χ3v) is 2.89. The number of halogens is 3. The Morgan fingerprint density at radius 1 is 1.47 bits per heavy atom. The Labute approximate surface area is 134 Å². The number of rotatable bonds is 3. The molecule has 3 nitrogen and oxygen atoms in total. The molecule has 2 aromatic rings. The number of aromatic amines is 2. The first-order chi connectivity index (χ1) is 8.17. The summed E-state index contributed by atoms with van der Waals surface area (Å²) in [7, 11) is 0. The molecule has 0 radical (unpaired) electrons. The minimum atomic E-state index is 0.182. The van der Waals surface area contributed by atoms with E-state index < -0.39 is 0 Å². The van der Waals surface area contributed by atoms with Crippen LogP contribution in [0.15, 0.2) is 29.4 Å². The van der Waals surface area contributed by atoms with Crippen LogP contribution in [0.1, 0.15) is 6.92 Å². The predicted molar refractivity (Wildman–Crippen MR) is 84.3 cm³/mol. The third kappa shape index (κ3) is 6.05. The van der Waals surface area contributed by atoms with Gasteiger partial charge in [-0.15, -0.1) is 0 Å². The standard InChI is InChI=1S/C10H10N2OS.I3/c1-7(13)6-14-10-11-8-4-2-3-5-9(8)12-10;1-3-2/h2-5H,6H2,1H3,(H,11,12);/q;-1/p+1. The summed E-state index contributed by atoms with van der Waals surface area (Å²) in [6, 6.07) is 7.96. The van der Waals surface area contributed by atoms with Crippen LogP contribution in [0.3, 0.4) is 0 Å². The number of carbonyl (C=O) groups is 1. The van der Waals surface area contributed by atoms with Crippen molar-refractivity contribution in [2.75, 3.05) is 5.75 Å². The number of hydrogen-bond donors (Lipinski definition) is 1. The molecule has 1 heterocycles. The van der Waals surface area contributed by atoms with Crippen LogP contribution in [0.25, 0.3) is 11.0 Å². The molecule has 17 heavy (non-hydrogen) atoms. The molecule has 94 valence electrons. The molecule has 0 spiro atoms. The maximum absolute atomic E-state index is 10.8. The van der Waals surface area contributed by atoms with Crippen molar-refractivity contribution in [1.29, 1.82) is 0 Å². The number of thioether (sulfide) groups is 1. The summed E-state index contributed by atoms with van der Waals surface area (Å²) in [6.07, 6.45) is 0. The summed E-state index contributed by atoms with van der Waals surface area (Å²) in [5.41, 5.74) is 2.14. The van der Waals surface area contributed by atoms with Gasteiger partial charge in [-0.3, -0.25) is 4.79 Å². The van der Waals surface area contributed by atoms with Crippen molar-refractivity contribution >= 4 is 65.8 Å². The van der Waals surface area contributed by atoms with Crippen LogP contribution in [0.2, 0.25) is 0 Å². The van der Waals surface area contributed by atoms with E-state index in [1.54, 1.807) is 6.92 Å². The zero-order valence-electron chi connectivity index (χ0n) is 8.97. The van der Waals surface area contributed by atoms with Crippen molar-refractivity contribution in [3.63, 3.8) is 0 Å². The van der Waals surface area contributed by atoms with E-state index in [0.29, 0.717) is 19.0 Å². The summed E-state index contributed by atoms with van der Waals surface area (Å²) in [5.74, 6) is 0.686. The minimum absolute atomic E-state index is 0.182. The molecule has 0 saturated heterocycles. The van der Waals surface area contributed by atoms with Gasteiger partial charge in [0.25, 0.3) is 0 Å². The number of hydrogen-bond acceptors (Lipinski definition) is 2. The fourth-order valence-electron chi connectivity index (χ4n) is 1.22. The van der Waals surface area contributed by atoms with Crippen LogP contribution < -0.4 is 18.2 Å². The van der Waals surface area contributed by atoms with E-state index >= 15 is 0 Å². The van der Waals surface area contributed by atoms with Gasteiger partial charge in [0.15, 0.2) is 11.0 Å². The van der Waals surface area contributed by atoms with Crippen LogP contribution in [0, 0.1) is 0 Å². The average Bonchev–Trinajstić information content (AvgIpc) is 2.70. The number of ketones is 1. The van der Waals surface area contributed by atoms with Gasteiger partial charge in [0.05, 0.1) is 5.75 Å². The number of benzene rings is 1. The van der Waals surface area contributed by atoms with Gasteiger partial charge in [-0.05, 0) is 30.8 Å². The van der Waals surface area contributed by atoms with Crippen LogP contribution in [0.4, 0.5) is 0 Å². The SMILES string of the molecule is CC(=O)CSc1[nH]c2ccccc2[nH+]1.I[I-]I. The molecule has 7 heteroatoms. The average molecular weight is 588 g/mol. The molecule has 2 N–H and O–H groups in total. The van der Waals surface area contributed by atoms with Crippen molar-refractivity contribution in [2.45, 2.75) is 12.1 Å². The van der Waals surface area contributed by atoms with Crippen molar-refractivity contribution in [1.82, 2.24) is 4.98 Å². The van der Waals surface area contributed by atoms with E-state index in [4.69, 9.17) is 0 Å². The van der Waals surface area contributed by atoms with Crippen LogP contribution >= 0.6 is 49.0 Å². The summed E-state index contributed by atoms with van der Waals surface area (Å²) < 4.78 is 0. The van der Waals surface area contributed by atoms with Crippen LogP contribution in [0.5, 0.6) is 0 Å². The number of para-hydroxylation sites is 2. The van der Waals surface area contributed by atoms with Crippen molar-refractivity contribution < 1.29 is 23.0 Å². The zero-order valence-corrected chi connectivity index (χ0v) is 16.3. The van der Waals surface area contributed by atoms with E-state index in [-0.39, 0.29) is 5.78 Å². The Morgan fingerprint density at radius 3 is 2.71 bits per heavy atom. The summed E-state index contributed by atoms with van der Waals surface area (Å²) in [5, 5.41) is 0.932. The molecule has 1 aromatic heterocycles. The third-order valence-electron chi connectivity index (χ3n) is 1.84. The second-order valence-corrected chi connectivity index (χ2v) is 20.4. The van der Waals surface area contributed by atoms with E-state index in [1.165, 1.54) is 11.8 Å². The van der Waals surface area contributed by atoms with E-state index in [1.807, 2.05) is 24.3 Å². The Balaban J connectivity index is 0.000000437. The number of fused-ring (bicyclic) bond motifs is 1. The molecule has 1 aromatic carbocycles. The molecule has 0 aliphatic rings. The number of imidazole rings is 1. The second kappa shape index (κ2) is 8.91. The Hall–Kier alpha value is 0.900. The second-order valence-electron chi connectivity index (χ2n) is 3.17. The number of aromatic nitrogens is 2. The summed E-state index contributed by atoms with van der Waals surface area (Å²) in [4.78, 5) is 17.2. The van der Waals surface area contributed by atoms with E-state index in [0.717, 1.165) is 16.2 Å². The Morgan fingerprint density at radius 2 is 2.12 bits per heavy atom. The van der Waals surface area contributed by atoms with Gasteiger partial charge in [-0.25, -0.2) is 9.97 Å². The van der Waals surface area contributed by atoms with E-state index in [2.05, 4.69) is 47.2 Å². The first-order valence-corrected chi connectivity index (χ1v) is 18.2. The molecule has 0 atom stereocenters.